The van der Waals surface area contributed by atoms with Crippen LogP contribution >= 0.6 is 0 Å². The molecule has 0 saturated heterocycles. The second-order valence-electron chi connectivity index (χ2n) is 7.58. The predicted molar refractivity (Wildman–Crippen MR) is 72.9 cm³/mol. The molecule has 0 radical (unpaired) electrons. The molecule has 100 valence electrons. The number of hydrogen-bond acceptors (Lipinski definition) is 2. The molecule has 0 N–H and O–H groups in total. The lowest BCUT2D eigenvalue weighted by Gasteiger charge is -2.56. The first-order valence-electron chi connectivity index (χ1n) is 7.60. The Balaban J connectivity index is 1.76. The third-order valence-electron chi connectivity index (χ3n) is 6.28. The van der Waals surface area contributed by atoms with Crippen LogP contribution in [0.25, 0.3) is 0 Å². The van der Waals surface area contributed by atoms with E-state index in [1.54, 1.807) is 0 Å². The first-order valence-corrected chi connectivity index (χ1v) is 7.60. The van der Waals surface area contributed by atoms with E-state index in [4.69, 9.17) is 0 Å². The molecule has 4 saturated carbocycles. The third-order valence-corrected chi connectivity index (χ3v) is 6.28. The Bertz CT molecular complexity index is 340. The largest absolute Gasteiger partial charge is 0.292 e. The topological polar surface area (TPSA) is 27.0 Å². The first kappa shape index (κ1) is 12.5. The van der Waals surface area contributed by atoms with Crippen molar-refractivity contribution in [3.8, 4) is 6.07 Å². The third kappa shape index (κ3) is 1.88. The van der Waals surface area contributed by atoms with Gasteiger partial charge in [0.05, 0.1) is 6.07 Å². The van der Waals surface area contributed by atoms with Crippen LogP contribution in [0.2, 0.25) is 0 Å². The van der Waals surface area contributed by atoms with Crippen molar-refractivity contribution in [3.63, 3.8) is 0 Å². The maximum atomic E-state index is 9.52. The molecule has 4 aliphatic carbocycles. The average Bonchev–Trinajstić information content (AvgIpc) is 2.32. The minimum atomic E-state index is -0.264. The molecule has 0 aromatic carbocycles. The van der Waals surface area contributed by atoms with Crippen molar-refractivity contribution in [2.45, 2.75) is 51.0 Å². The van der Waals surface area contributed by atoms with E-state index in [1.807, 2.05) is 0 Å². The quantitative estimate of drug-likeness (QED) is 0.764. The summed E-state index contributed by atoms with van der Waals surface area (Å²) in [7, 11) is 4.11. The monoisotopic (exact) mass is 246 g/mol. The predicted octanol–water partition coefficient (Wildman–Crippen LogP) is 3.29. The summed E-state index contributed by atoms with van der Waals surface area (Å²) in [5.41, 5.74) is -0.264. The summed E-state index contributed by atoms with van der Waals surface area (Å²) in [4.78, 5) is 2.12. The summed E-state index contributed by atoms with van der Waals surface area (Å²) >= 11 is 0. The van der Waals surface area contributed by atoms with Gasteiger partial charge in [0.2, 0.25) is 0 Å². The lowest BCUT2D eigenvalue weighted by atomic mass is 9.50. The highest BCUT2D eigenvalue weighted by Crippen LogP contribution is 2.58. The highest BCUT2D eigenvalue weighted by molar-refractivity contribution is 5.08. The summed E-state index contributed by atoms with van der Waals surface area (Å²) in [5, 5.41) is 9.52. The fraction of sp³-hybridized carbons (Fsp3) is 0.938. The minimum absolute atomic E-state index is 0.264. The van der Waals surface area contributed by atoms with Gasteiger partial charge in [0.15, 0.2) is 0 Å². The molecule has 1 atom stereocenters. The Morgan fingerprint density at radius 2 is 1.56 bits per heavy atom. The molecule has 0 amide bonds. The van der Waals surface area contributed by atoms with Crippen LogP contribution < -0.4 is 0 Å². The molecule has 2 heteroatoms. The van der Waals surface area contributed by atoms with Crippen molar-refractivity contribution in [2.75, 3.05) is 14.1 Å². The van der Waals surface area contributed by atoms with Crippen LogP contribution in [0.3, 0.4) is 0 Å². The first-order chi connectivity index (χ1) is 8.51. The zero-order valence-electron chi connectivity index (χ0n) is 12.0. The molecular formula is C16H26N2. The molecular weight excluding hydrogens is 220 g/mol. The van der Waals surface area contributed by atoms with Gasteiger partial charge in [-0.3, -0.25) is 4.90 Å². The van der Waals surface area contributed by atoms with Crippen molar-refractivity contribution in [1.82, 2.24) is 4.90 Å². The number of nitriles is 1. The maximum Gasteiger partial charge on any atom is 0.106 e. The number of hydrogen-bond donors (Lipinski definition) is 0. The maximum absolute atomic E-state index is 9.52. The molecule has 0 aromatic heterocycles. The molecule has 4 aliphatic rings. The van der Waals surface area contributed by atoms with Crippen molar-refractivity contribution in [1.29, 1.82) is 5.26 Å². The van der Waals surface area contributed by atoms with Crippen molar-refractivity contribution >= 4 is 0 Å². The van der Waals surface area contributed by atoms with Crippen LogP contribution in [-0.4, -0.2) is 24.5 Å². The van der Waals surface area contributed by atoms with E-state index in [-0.39, 0.29) is 5.54 Å². The van der Waals surface area contributed by atoms with Crippen LogP contribution in [0.1, 0.15) is 45.4 Å². The standard InChI is InChI=1S/C16H26N2/c1-16(10-17,18(2)3)9-15-13-5-11-4-12(7-13)8-14(15)6-11/h11-15H,4-9H2,1-3H3. The molecule has 4 rings (SSSR count). The molecule has 0 heterocycles. The summed E-state index contributed by atoms with van der Waals surface area (Å²) < 4.78 is 0. The van der Waals surface area contributed by atoms with Crippen LogP contribution in [0, 0.1) is 40.9 Å². The Hall–Kier alpha value is -0.550. The van der Waals surface area contributed by atoms with E-state index in [0.29, 0.717) is 0 Å². The minimum Gasteiger partial charge on any atom is -0.292 e. The summed E-state index contributed by atoms with van der Waals surface area (Å²) in [5.74, 6) is 4.78. The smallest absolute Gasteiger partial charge is 0.106 e. The van der Waals surface area contributed by atoms with Gasteiger partial charge in [0, 0.05) is 0 Å². The number of nitrogens with zero attached hydrogens (tertiary/aromatic N) is 2. The van der Waals surface area contributed by atoms with Crippen molar-refractivity contribution in [2.24, 2.45) is 29.6 Å². The molecule has 1 unspecified atom stereocenters. The fourth-order valence-corrected chi connectivity index (χ4v) is 5.16. The van der Waals surface area contributed by atoms with Gasteiger partial charge in [-0.05, 0) is 89.1 Å². The van der Waals surface area contributed by atoms with Crippen LogP contribution in [-0.2, 0) is 0 Å². The zero-order valence-corrected chi connectivity index (χ0v) is 12.0. The van der Waals surface area contributed by atoms with Crippen LogP contribution in [0.4, 0.5) is 0 Å². The van der Waals surface area contributed by atoms with Gasteiger partial charge in [-0.2, -0.15) is 5.26 Å². The molecule has 4 bridgehead atoms. The summed E-state index contributed by atoms with van der Waals surface area (Å²) in [6.07, 6.45) is 8.46. The molecule has 4 fully saturated rings. The van der Waals surface area contributed by atoms with Gasteiger partial charge in [0.1, 0.15) is 5.54 Å². The molecule has 2 nitrogen and oxygen atoms in total. The van der Waals surface area contributed by atoms with E-state index >= 15 is 0 Å². The molecule has 0 spiro atoms. The summed E-state index contributed by atoms with van der Waals surface area (Å²) in [6, 6.07) is 2.56. The van der Waals surface area contributed by atoms with Crippen molar-refractivity contribution < 1.29 is 0 Å². The van der Waals surface area contributed by atoms with Crippen molar-refractivity contribution in [3.05, 3.63) is 0 Å². The fourth-order valence-electron chi connectivity index (χ4n) is 5.16. The van der Waals surface area contributed by atoms with Gasteiger partial charge in [-0.25, -0.2) is 0 Å². The van der Waals surface area contributed by atoms with E-state index < -0.39 is 0 Å². The van der Waals surface area contributed by atoms with Gasteiger partial charge < -0.3 is 0 Å². The average molecular weight is 246 g/mol. The normalized spacial score (nSPS) is 44.9. The van der Waals surface area contributed by atoms with Crippen LogP contribution in [0.15, 0.2) is 0 Å². The lowest BCUT2D eigenvalue weighted by Crippen LogP contribution is -2.50. The molecule has 18 heavy (non-hydrogen) atoms. The van der Waals surface area contributed by atoms with Gasteiger partial charge >= 0.3 is 0 Å². The lowest BCUT2D eigenvalue weighted by molar-refractivity contribution is -0.0519. The van der Waals surface area contributed by atoms with Crippen LogP contribution in [0.5, 0.6) is 0 Å². The second-order valence-corrected chi connectivity index (χ2v) is 7.58. The van der Waals surface area contributed by atoms with Gasteiger partial charge in [-0.15, -0.1) is 0 Å². The number of rotatable bonds is 3. The summed E-state index contributed by atoms with van der Waals surface area (Å²) in [6.45, 7) is 2.12. The van der Waals surface area contributed by atoms with Gasteiger partial charge in [-0.1, -0.05) is 0 Å². The molecule has 0 aliphatic heterocycles. The SMILES string of the molecule is CN(C)C(C)(C#N)CC1C2CC3CC(C2)CC1C3. The Kier molecular flexibility index (Phi) is 2.94. The molecule has 0 aromatic rings. The van der Waals surface area contributed by atoms with E-state index in [0.717, 1.165) is 36.0 Å². The zero-order chi connectivity index (χ0) is 12.9. The van der Waals surface area contributed by atoms with E-state index in [2.05, 4.69) is 32.0 Å². The second kappa shape index (κ2) is 4.23. The van der Waals surface area contributed by atoms with E-state index in [1.165, 1.54) is 32.1 Å². The Morgan fingerprint density at radius 1 is 1.06 bits per heavy atom. The van der Waals surface area contributed by atoms with Gasteiger partial charge in [0.25, 0.3) is 0 Å². The van der Waals surface area contributed by atoms with E-state index in [9.17, 15) is 5.26 Å². The Morgan fingerprint density at radius 3 is 1.94 bits per heavy atom. The Labute approximate surface area is 111 Å². The highest BCUT2D eigenvalue weighted by Gasteiger charge is 2.50. The highest BCUT2D eigenvalue weighted by atomic mass is 15.1.